The molecule has 1 aromatic carbocycles. The molecule has 37 heavy (non-hydrogen) atoms. The van der Waals surface area contributed by atoms with E-state index in [0.29, 0.717) is 12.0 Å². The first kappa shape index (κ1) is 31.9. The van der Waals surface area contributed by atoms with Crippen molar-refractivity contribution in [1.29, 1.82) is 0 Å². The average Bonchev–Trinajstić information content (AvgIpc) is 2.78. The van der Waals surface area contributed by atoms with E-state index in [0.717, 1.165) is 32.1 Å². The van der Waals surface area contributed by atoms with Gasteiger partial charge in [-0.05, 0) is 46.6 Å². The van der Waals surface area contributed by atoms with E-state index in [4.69, 9.17) is 10.5 Å². The van der Waals surface area contributed by atoms with Crippen LogP contribution in [0.25, 0.3) is 0 Å². The molecule has 4 N–H and O–H groups in total. The number of unbranched alkanes of at least 4 members (excludes halogenated alkanes) is 5. The Bertz CT molecular complexity index is 867. The van der Waals surface area contributed by atoms with Crippen LogP contribution >= 0.6 is 0 Å². The molecule has 0 aromatic heterocycles. The molecule has 0 aliphatic rings. The van der Waals surface area contributed by atoms with Gasteiger partial charge in [0.1, 0.15) is 17.7 Å². The van der Waals surface area contributed by atoms with Crippen LogP contribution in [0.1, 0.15) is 98.1 Å². The molecule has 0 heterocycles. The van der Waals surface area contributed by atoms with Gasteiger partial charge in [0.15, 0.2) is 0 Å². The fourth-order valence-corrected chi connectivity index (χ4v) is 3.95. The number of alkyl carbamates (subject to hydrolysis) is 1. The number of amides is 4. The second kappa shape index (κ2) is 15.9. The summed E-state index contributed by atoms with van der Waals surface area (Å²) in [4.78, 5) is 53.2. The van der Waals surface area contributed by atoms with E-state index in [1.54, 1.807) is 45.0 Å². The first-order chi connectivity index (χ1) is 17.4. The van der Waals surface area contributed by atoms with Crippen molar-refractivity contribution in [1.82, 2.24) is 15.5 Å². The number of nitrogens with two attached hydrogens (primary N) is 1. The molecule has 1 aromatic rings. The van der Waals surface area contributed by atoms with Crippen molar-refractivity contribution < 1.29 is 23.9 Å². The predicted molar refractivity (Wildman–Crippen MR) is 145 cm³/mol. The molecule has 4 amide bonds. The third-order valence-corrected chi connectivity index (χ3v) is 5.54. The highest BCUT2D eigenvalue weighted by atomic mass is 16.6. The maximum Gasteiger partial charge on any atom is 0.408 e. The van der Waals surface area contributed by atoms with Gasteiger partial charge in [-0.25, -0.2) is 4.79 Å². The standard InChI is InChI=1S/C28H46N4O5/c1-7-8-9-10-11-15-18-32(24(25(34)30-20(2)3)21-16-13-12-14-17-21)26(35)22(19-23(29)33)31-27(36)37-28(4,5)6/h12-14,16-17,20,22,24H,7-11,15,18-19H2,1-6H3,(H2,29,33)(H,30,34)(H,31,36). The molecule has 2 unspecified atom stereocenters. The Morgan fingerprint density at radius 2 is 1.54 bits per heavy atom. The third kappa shape index (κ3) is 12.6. The van der Waals surface area contributed by atoms with Crippen LogP contribution in [0.5, 0.6) is 0 Å². The quantitative estimate of drug-likeness (QED) is 0.299. The summed E-state index contributed by atoms with van der Waals surface area (Å²) < 4.78 is 5.31. The molecule has 0 saturated heterocycles. The Morgan fingerprint density at radius 3 is 2.08 bits per heavy atom. The zero-order chi connectivity index (χ0) is 28.0. The first-order valence-corrected chi connectivity index (χ1v) is 13.3. The van der Waals surface area contributed by atoms with Crippen LogP contribution < -0.4 is 16.4 Å². The Balaban J connectivity index is 3.35. The lowest BCUT2D eigenvalue weighted by molar-refractivity contribution is -0.143. The van der Waals surface area contributed by atoms with Crippen LogP contribution in [-0.4, -0.2) is 52.9 Å². The van der Waals surface area contributed by atoms with Crippen LogP contribution in [0.2, 0.25) is 0 Å². The van der Waals surface area contributed by atoms with Gasteiger partial charge in [-0.3, -0.25) is 14.4 Å². The molecule has 0 saturated carbocycles. The minimum atomic E-state index is -1.27. The van der Waals surface area contributed by atoms with Crippen molar-refractivity contribution in [2.75, 3.05) is 6.54 Å². The number of carbonyl (C=O) groups excluding carboxylic acids is 4. The van der Waals surface area contributed by atoms with Gasteiger partial charge in [0, 0.05) is 12.6 Å². The number of primary amides is 1. The molecule has 0 aliphatic carbocycles. The highest BCUT2D eigenvalue weighted by Crippen LogP contribution is 2.24. The molecule has 1 rings (SSSR count). The summed E-state index contributed by atoms with van der Waals surface area (Å²) in [5.41, 5.74) is 5.27. The van der Waals surface area contributed by atoms with Gasteiger partial charge in [-0.1, -0.05) is 69.4 Å². The van der Waals surface area contributed by atoms with E-state index < -0.39 is 42.0 Å². The Labute approximate surface area is 221 Å². The SMILES string of the molecule is CCCCCCCCN(C(=O)C(CC(N)=O)NC(=O)OC(C)(C)C)C(C(=O)NC(C)C)c1ccccc1. The fourth-order valence-electron chi connectivity index (χ4n) is 3.95. The molecule has 0 radical (unpaired) electrons. The summed E-state index contributed by atoms with van der Waals surface area (Å²) in [5.74, 6) is -1.65. The first-order valence-electron chi connectivity index (χ1n) is 13.3. The van der Waals surface area contributed by atoms with Crippen LogP contribution in [0, 0.1) is 0 Å². The molecule has 2 atom stereocenters. The van der Waals surface area contributed by atoms with E-state index in [-0.39, 0.29) is 18.5 Å². The number of hydrogen-bond donors (Lipinski definition) is 3. The number of nitrogens with zero attached hydrogens (tertiary/aromatic N) is 1. The minimum Gasteiger partial charge on any atom is -0.444 e. The van der Waals surface area contributed by atoms with Gasteiger partial charge in [0.2, 0.25) is 17.7 Å². The normalized spacial score (nSPS) is 12.9. The van der Waals surface area contributed by atoms with E-state index in [9.17, 15) is 19.2 Å². The van der Waals surface area contributed by atoms with Gasteiger partial charge in [0.25, 0.3) is 0 Å². The molecule has 0 spiro atoms. The largest absolute Gasteiger partial charge is 0.444 e. The maximum atomic E-state index is 13.9. The van der Waals surface area contributed by atoms with Crippen molar-refractivity contribution in [2.24, 2.45) is 5.73 Å². The van der Waals surface area contributed by atoms with Gasteiger partial charge in [0.05, 0.1) is 6.42 Å². The molecular weight excluding hydrogens is 472 g/mol. The van der Waals surface area contributed by atoms with Crippen molar-refractivity contribution in [2.45, 2.75) is 110 Å². The summed E-state index contributed by atoms with van der Waals surface area (Å²) in [5, 5.41) is 5.41. The number of nitrogens with one attached hydrogen (secondary N) is 2. The molecule has 0 aliphatic heterocycles. The summed E-state index contributed by atoms with van der Waals surface area (Å²) in [6.07, 6.45) is 4.69. The van der Waals surface area contributed by atoms with Gasteiger partial charge < -0.3 is 26.0 Å². The van der Waals surface area contributed by atoms with Gasteiger partial charge in [-0.2, -0.15) is 0 Å². The van der Waals surface area contributed by atoms with Gasteiger partial charge in [-0.15, -0.1) is 0 Å². The minimum absolute atomic E-state index is 0.147. The van der Waals surface area contributed by atoms with E-state index >= 15 is 0 Å². The maximum absolute atomic E-state index is 13.9. The van der Waals surface area contributed by atoms with Gasteiger partial charge >= 0.3 is 6.09 Å². The molecule has 208 valence electrons. The molecule has 9 nitrogen and oxygen atoms in total. The topological polar surface area (TPSA) is 131 Å². The predicted octanol–water partition coefficient (Wildman–Crippen LogP) is 4.21. The highest BCUT2D eigenvalue weighted by Gasteiger charge is 2.36. The molecular formula is C28H46N4O5. The fraction of sp³-hybridized carbons (Fsp3) is 0.643. The van der Waals surface area contributed by atoms with Crippen LogP contribution in [0.3, 0.4) is 0 Å². The van der Waals surface area contributed by atoms with Crippen molar-refractivity contribution >= 4 is 23.8 Å². The summed E-state index contributed by atoms with van der Waals surface area (Å²) >= 11 is 0. The Kier molecular flexibility index (Phi) is 13.7. The lowest BCUT2D eigenvalue weighted by atomic mass is 10.0. The zero-order valence-corrected chi connectivity index (χ0v) is 23.3. The number of benzene rings is 1. The van der Waals surface area contributed by atoms with Crippen LogP contribution in [0.15, 0.2) is 30.3 Å². The van der Waals surface area contributed by atoms with Crippen molar-refractivity contribution in [3.05, 3.63) is 35.9 Å². The zero-order valence-electron chi connectivity index (χ0n) is 23.3. The Hall–Kier alpha value is -3.10. The van der Waals surface area contributed by atoms with E-state index in [1.165, 1.54) is 4.90 Å². The number of carbonyl (C=O) groups is 4. The van der Waals surface area contributed by atoms with Crippen molar-refractivity contribution in [3.8, 4) is 0 Å². The third-order valence-electron chi connectivity index (χ3n) is 5.54. The van der Waals surface area contributed by atoms with Crippen LogP contribution in [0.4, 0.5) is 4.79 Å². The van der Waals surface area contributed by atoms with E-state index in [1.807, 2.05) is 19.9 Å². The van der Waals surface area contributed by atoms with Crippen molar-refractivity contribution in [3.63, 3.8) is 0 Å². The molecule has 0 fully saturated rings. The molecule has 0 bridgehead atoms. The summed E-state index contributed by atoms with van der Waals surface area (Å²) in [7, 11) is 0. The van der Waals surface area contributed by atoms with E-state index in [2.05, 4.69) is 17.6 Å². The summed E-state index contributed by atoms with van der Waals surface area (Å²) in [6, 6.07) is 6.66. The lowest BCUT2D eigenvalue weighted by Gasteiger charge is -2.34. The number of hydrogen-bond acceptors (Lipinski definition) is 5. The summed E-state index contributed by atoms with van der Waals surface area (Å²) in [6.45, 7) is 11.2. The number of ether oxygens (including phenoxy) is 1. The highest BCUT2D eigenvalue weighted by molar-refractivity contribution is 5.94. The van der Waals surface area contributed by atoms with Crippen LogP contribution in [-0.2, 0) is 19.1 Å². The second-order valence-corrected chi connectivity index (χ2v) is 10.6. The smallest absolute Gasteiger partial charge is 0.408 e. The lowest BCUT2D eigenvalue weighted by Crippen LogP contribution is -2.54. The second-order valence-electron chi connectivity index (χ2n) is 10.6. The Morgan fingerprint density at radius 1 is 0.946 bits per heavy atom. The molecule has 9 heteroatoms. The monoisotopic (exact) mass is 518 g/mol. The number of rotatable bonds is 15. The average molecular weight is 519 g/mol.